The summed E-state index contributed by atoms with van der Waals surface area (Å²) >= 11 is 3.13. The highest BCUT2D eigenvalue weighted by atomic mass is 79.9. The topological polar surface area (TPSA) is 49.4 Å². The molecule has 0 unspecified atom stereocenters. The summed E-state index contributed by atoms with van der Waals surface area (Å²) in [6.45, 7) is 0.0822. The predicted molar refractivity (Wildman–Crippen MR) is 50.1 cm³/mol. The van der Waals surface area contributed by atoms with Gasteiger partial charge >= 0.3 is 0 Å². The van der Waals surface area contributed by atoms with Crippen LogP contribution in [0.5, 0.6) is 0 Å². The normalized spacial score (nSPS) is 9.25. The Morgan fingerprint density at radius 3 is 2.42 bits per heavy atom. The van der Waals surface area contributed by atoms with Crippen molar-refractivity contribution in [2.45, 2.75) is 6.42 Å². The van der Waals surface area contributed by atoms with E-state index >= 15 is 0 Å². The van der Waals surface area contributed by atoms with Gasteiger partial charge in [-0.3, -0.25) is 9.59 Å². The Kier molecular flexibility index (Phi) is 5.70. The molecule has 0 atom stereocenters. The first-order valence-corrected chi connectivity index (χ1v) is 4.73. The molecule has 0 heterocycles. The number of nitrogens with zero attached hydrogens (tertiary/aromatic N) is 1. The number of likely N-dealkylation sites (N-methyl/N-ethyl adjacent to an activating group) is 1. The molecule has 4 nitrogen and oxygen atoms in total. The minimum atomic E-state index is -0.109. The van der Waals surface area contributed by atoms with Gasteiger partial charge < -0.3 is 10.2 Å². The van der Waals surface area contributed by atoms with Crippen molar-refractivity contribution in [3.63, 3.8) is 0 Å². The molecule has 0 rings (SSSR count). The average Bonchev–Trinajstić information content (AvgIpc) is 2.00. The van der Waals surface area contributed by atoms with Gasteiger partial charge in [0.1, 0.15) is 0 Å². The zero-order valence-electron chi connectivity index (χ0n) is 7.26. The molecule has 0 aromatic rings. The van der Waals surface area contributed by atoms with E-state index < -0.39 is 0 Å². The SMILES string of the molecule is CN(C)C(=O)CNC(=O)CCBr. The molecule has 0 fully saturated rings. The number of carbonyl (C=O) groups is 2. The molecule has 0 aliphatic rings. The van der Waals surface area contributed by atoms with Gasteiger partial charge in [0.15, 0.2) is 0 Å². The molecule has 0 aliphatic carbocycles. The predicted octanol–water partition coefficient (Wildman–Crippen LogP) is -0.0242. The molecule has 0 aromatic carbocycles. The zero-order valence-corrected chi connectivity index (χ0v) is 8.85. The van der Waals surface area contributed by atoms with Crippen LogP contribution in [-0.4, -0.2) is 42.7 Å². The van der Waals surface area contributed by atoms with Gasteiger partial charge in [0.25, 0.3) is 0 Å². The molecule has 0 bridgehead atoms. The van der Waals surface area contributed by atoms with Gasteiger partial charge in [0, 0.05) is 25.8 Å². The Bertz CT molecular complexity index is 171. The average molecular weight is 237 g/mol. The van der Waals surface area contributed by atoms with Crippen molar-refractivity contribution < 1.29 is 9.59 Å². The molecule has 0 aliphatic heterocycles. The third-order valence-corrected chi connectivity index (χ3v) is 1.65. The molecule has 1 N–H and O–H groups in total. The summed E-state index contributed by atoms with van der Waals surface area (Å²) in [5, 5.41) is 3.12. The maximum Gasteiger partial charge on any atom is 0.241 e. The highest BCUT2D eigenvalue weighted by Gasteiger charge is 2.05. The number of rotatable bonds is 4. The van der Waals surface area contributed by atoms with E-state index in [1.807, 2.05) is 0 Å². The first-order chi connectivity index (χ1) is 5.57. The third kappa shape index (κ3) is 5.12. The lowest BCUT2D eigenvalue weighted by atomic mass is 10.4. The molecule has 12 heavy (non-hydrogen) atoms. The summed E-state index contributed by atoms with van der Waals surface area (Å²) in [6.07, 6.45) is 0.403. The van der Waals surface area contributed by atoms with Crippen LogP contribution in [-0.2, 0) is 9.59 Å². The van der Waals surface area contributed by atoms with Crippen LogP contribution < -0.4 is 5.32 Å². The summed E-state index contributed by atoms with van der Waals surface area (Å²) < 4.78 is 0. The van der Waals surface area contributed by atoms with Crippen LogP contribution in [0.4, 0.5) is 0 Å². The van der Waals surface area contributed by atoms with E-state index in [2.05, 4.69) is 21.2 Å². The Hall–Kier alpha value is -0.580. The van der Waals surface area contributed by atoms with E-state index in [4.69, 9.17) is 0 Å². The van der Waals surface area contributed by atoms with Gasteiger partial charge in [-0.25, -0.2) is 0 Å². The van der Waals surface area contributed by atoms with Crippen LogP contribution in [0.15, 0.2) is 0 Å². The number of hydrogen-bond acceptors (Lipinski definition) is 2. The molecule has 0 saturated carbocycles. The fourth-order valence-electron chi connectivity index (χ4n) is 0.507. The number of nitrogens with one attached hydrogen (secondary N) is 1. The number of alkyl halides is 1. The Balaban J connectivity index is 3.54. The van der Waals surface area contributed by atoms with E-state index in [9.17, 15) is 9.59 Å². The molecular formula is C7H13BrN2O2. The van der Waals surface area contributed by atoms with Gasteiger partial charge in [0.2, 0.25) is 11.8 Å². The number of carbonyl (C=O) groups excluding carboxylic acids is 2. The summed E-state index contributed by atoms with van der Waals surface area (Å²) in [5.74, 6) is -0.208. The fraction of sp³-hybridized carbons (Fsp3) is 0.714. The minimum Gasteiger partial charge on any atom is -0.347 e. The van der Waals surface area contributed by atoms with Crippen molar-refractivity contribution >= 4 is 27.7 Å². The number of hydrogen-bond donors (Lipinski definition) is 1. The van der Waals surface area contributed by atoms with E-state index in [0.29, 0.717) is 11.8 Å². The molecule has 70 valence electrons. The highest BCUT2D eigenvalue weighted by molar-refractivity contribution is 9.09. The maximum atomic E-state index is 11.0. The molecule has 0 saturated heterocycles. The van der Waals surface area contributed by atoms with Crippen molar-refractivity contribution in [2.24, 2.45) is 0 Å². The van der Waals surface area contributed by atoms with E-state index in [-0.39, 0.29) is 18.4 Å². The highest BCUT2D eigenvalue weighted by Crippen LogP contribution is 1.86. The molecule has 0 radical (unpaired) electrons. The molecular weight excluding hydrogens is 224 g/mol. The smallest absolute Gasteiger partial charge is 0.241 e. The van der Waals surface area contributed by atoms with Crippen molar-refractivity contribution in [1.29, 1.82) is 0 Å². The van der Waals surface area contributed by atoms with Crippen molar-refractivity contribution in [3.8, 4) is 0 Å². The lowest BCUT2D eigenvalue weighted by molar-refractivity contribution is -0.130. The van der Waals surface area contributed by atoms with Gasteiger partial charge in [-0.1, -0.05) is 15.9 Å². The second-order valence-electron chi connectivity index (χ2n) is 2.50. The Labute approximate surface area is 80.4 Å². The lowest BCUT2D eigenvalue weighted by Gasteiger charge is -2.10. The van der Waals surface area contributed by atoms with Crippen LogP contribution in [0.1, 0.15) is 6.42 Å². The van der Waals surface area contributed by atoms with Gasteiger partial charge in [-0.05, 0) is 0 Å². The molecule has 0 spiro atoms. The van der Waals surface area contributed by atoms with E-state index in [1.54, 1.807) is 14.1 Å². The summed E-state index contributed by atoms with van der Waals surface area (Å²) in [5.41, 5.74) is 0. The second-order valence-corrected chi connectivity index (χ2v) is 3.30. The monoisotopic (exact) mass is 236 g/mol. The zero-order chi connectivity index (χ0) is 9.56. The Morgan fingerprint density at radius 2 is 2.00 bits per heavy atom. The quantitative estimate of drug-likeness (QED) is 0.698. The molecule has 5 heteroatoms. The van der Waals surface area contributed by atoms with Gasteiger partial charge in [-0.15, -0.1) is 0 Å². The lowest BCUT2D eigenvalue weighted by Crippen LogP contribution is -2.36. The van der Waals surface area contributed by atoms with Gasteiger partial charge in [0.05, 0.1) is 6.54 Å². The third-order valence-electron chi connectivity index (χ3n) is 1.26. The Morgan fingerprint density at radius 1 is 1.42 bits per heavy atom. The van der Waals surface area contributed by atoms with E-state index in [0.717, 1.165) is 0 Å². The largest absolute Gasteiger partial charge is 0.347 e. The maximum absolute atomic E-state index is 11.0. The van der Waals surface area contributed by atoms with E-state index in [1.165, 1.54) is 4.90 Å². The molecule has 2 amide bonds. The van der Waals surface area contributed by atoms with Crippen LogP contribution in [0.25, 0.3) is 0 Å². The number of halogens is 1. The summed E-state index contributed by atoms with van der Waals surface area (Å²) in [4.78, 5) is 23.2. The summed E-state index contributed by atoms with van der Waals surface area (Å²) in [6, 6.07) is 0. The van der Waals surface area contributed by atoms with Crippen molar-refractivity contribution in [3.05, 3.63) is 0 Å². The van der Waals surface area contributed by atoms with Crippen molar-refractivity contribution in [1.82, 2.24) is 10.2 Å². The van der Waals surface area contributed by atoms with Crippen LogP contribution >= 0.6 is 15.9 Å². The first kappa shape index (κ1) is 11.4. The van der Waals surface area contributed by atoms with Crippen LogP contribution in [0, 0.1) is 0 Å². The first-order valence-electron chi connectivity index (χ1n) is 3.60. The fourth-order valence-corrected chi connectivity index (χ4v) is 0.867. The molecule has 0 aromatic heterocycles. The van der Waals surface area contributed by atoms with Crippen LogP contribution in [0.2, 0.25) is 0 Å². The minimum absolute atomic E-state index is 0.0822. The number of amides is 2. The van der Waals surface area contributed by atoms with Gasteiger partial charge in [-0.2, -0.15) is 0 Å². The second kappa shape index (κ2) is 5.99. The summed E-state index contributed by atoms with van der Waals surface area (Å²) in [7, 11) is 3.30. The van der Waals surface area contributed by atoms with Crippen molar-refractivity contribution in [2.75, 3.05) is 26.0 Å². The standard InChI is InChI=1S/C7H13BrN2O2/c1-10(2)7(12)5-9-6(11)3-4-8/h3-5H2,1-2H3,(H,9,11). The van der Waals surface area contributed by atoms with Crippen LogP contribution in [0.3, 0.4) is 0 Å².